The molecule has 5 heteroatoms. The molecule has 2 heterocycles. The molecule has 4 rings (SSSR count). The lowest BCUT2D eigenvalue weighted by atomic mass is 9.97. The second kappa shape index (κ2) is 7.85. The fourth-order valence-electron chi connectivity index (χ4n) is 3.80. The van der Waals surface area contributed by atoms with Gasteiger partial charge in [-0.05, 0) is 70.1 Å². The summed E-state index contributed by atoms with van der Waals surface area (Å²) in [4.78, 5) is 20.2. The maximum atomic E-state index is 13.1. The topological polar surface area (TPSA) is 44.1 Å². The summed E-state index contributed by atoms with van der Waals surface area (Å²) in [6, 6.07) is 8.12. The van der Waals surface area contributed by atoms with Crippen molar-refractivity contribution in [3.05, 3.63) is 56.4 Å². The fourth-order valence-corrected chi connectivity index (χ4v) is 5.10. The van der Waals surface area contributed by atoms with Crippen molar-refractivity contribution in [1.82, 2.24) is 9.55 Å². The third kappa shape index (κ3) is 3.79. The maximum Gasteiger partial charge on any atom is 0.262 e. The van der Waals surface area contributed by atoms with Gasteiger partial charge in [-0.2, -0.15) is 0 Å². The van der Waals surface area contributed by atoms with Crippen LogP contribution in [0.5, 0.6) is 5.75 Å². The minimum absolute atomic E-state index is 0.149. The number of aryl methyl sites for hydroxylation is 4. The largest absolute Gasteiger partial charge is 0.494 e. The number of benzene rings is 1. The van der Waals surface area contributed by atoms with Crippen molar-refractivity contribution in [3.8, 4) is 5.75 Å². The van der Waals surface area contributed by atoms with E-state index in [1.807, 2.05) is 23.6 Å². The molecule has 0 unspecified atom stereocenters. The van der Waals surface area contributed by atoms with E-state index in [-0.39, 0.29) is 5.56 Å². The predicted octanol–water partition coefficient (Wildman–Crippen LogP) is 4.81. The van der Waals surface area contributed by atoms with Crippen LogP contribution in [0.3, 0.4) is 0 Å². The second-order valence-electron chi connectivity index (χ2n) is 7.38. The molecule has 0 aliphatic heterocycles. The van der Waals surface area contributed by atoms with Gasteiger partial charge in [-0.1, -0.05) is 17.7 Å². The highest BCUT2D eigenvalue weighted by Gasteiger charge is 2.20. The fraction of sp³-hybridized carbons (Fsp3) is 0.455. The number of ether oxygens (including phenoxy) is 1. The predicted molar refractivity (Wildman–Crippen MR) is 111 cm³/mol. The summed E-state index contributed by atoms with van der Waals surface area (Å²) in [5, 5.41) is 0.885. The molecule has 27 heavy (non-hydrogen) atoms. The molecule has 142 valence electrons. The van der Waals surface area contributed by atoms with Crippen LogP contribution < -0.4 is 10.3 Å². The first kappa shape index (κ1) is 18.2. The number of unbranched alkanes of at least 4 members (excludes halogenated alkanes) is 1. The number of aromatic nitrogens is 2. The zero-order valence-corrected chi connectivity index (χ0v) is 16.9. The molecule has 0 radical (unpaired) electrons. The molecular formula is C22H26N2O2S. The highest BCUT2D eigenvalue weighted by atomic mass is 32.1. The highest BCUT2D eigenvalue weighted by molar-refractivity contribution is 7.18. The van der Waals surface area contributed by atoms with Gasteiger partial charge in [-0.3, -0.25) is 9.36 Å². The number of hydrogen-bond donors (Lipinski definition) is 0. The van der Waals surface area contributed by atoms with Crippen molar-refractivity contribution >= 4 is 21.6 Å². The van der Waals surface area contributed by atoms with Crippen LogP contribution >= 0.6 is 11.3 Å². The molecule has 1 aliphatic rings. The number of rotatable bonds is 6. The van der Waals surface area contributed by atoms with Gasteiger partial charge in [-0.25, -0.2) is 4.98 Å². The van der Waals surface area contributed by atoms with Crippen LogP contribution in [0.25, 0.3) is 10.2 Å². The van der Waals surface area contributed by atoms with Crippen LogP contribution in [0.15, 0.2) is 29.1 Å². The van der Waals surface area contributed by atoms with E-state index in [0.29, 0.717) is 13.2 Å². The molecule has 0 saturated carbocycles. The summed E-state index contributed by atoms with van der Waals surface area (Å²) in [5.74, 6) is 1.73. The smallest absolute Gasteiger partial charge is 0.262 e. The average Bonchev–Trinajstić information content (AvgIpc) is 3.03. The minimum Gasteiger partial charge on any atom is -0.494 e. The Balaban J connectivity index is 1.42. The molecule has 0 spiro atoms. The zero-order chi connectivity index (χ0) is 18.8. The summed E-state index contributed by atoms with van der Waals surface area (Å²) >= 11 is 1.72. The van der Waals surface area contributed by atoms with Crippen molar-refractivity contribution in [2.75, 3.05) is 6.61 Å². The zero-order valence-electron chi connectivity index (χ0n) is 16.1. The van der Waals surface area contributed by atoms with Gasteiger partial charge in [0.15, 0.2) is 0 Å². The Hall–Kier alpha value is -2.14. The van der Waals surface area contributed by atoms with Crippen LogP contribution in [0.4, 0.5) is 0 Å². The van der Waals surface area contributed by atoms with E-state index in [9.17, 15) is 4.79 Å². The van der Waals surface area contributed by atoms with Crippen molar-refractivity contribution < 1.29 is 4.74 Å². The molecule has 0 amide bonds. The van der Waals surface area contributed by atoms with E-state index >= 15 is 0 Å². The molecule has 0 N–H and O–H groups in total. The SMILES string of the molecule is Cc1ccc(OCCCCn2c(C)nc3sc4c(c3c2=O)CCCC4)cc1. The van der Waals surface area contributed by atoms with Gasteiger partial charge in [0.1, 0.15) is 16.4 Å². The number of thiophene rings is 1. The van der Waals surface area contributed by atoms with Crippen LogP contribution in [0.2, 0.25) is 0 Å². The second-order valence-corrected chi connectivity index (χ2v) is 8.46. The summed E-state index contributed by atoms with van der Waals surface area (Å²) in [6.07, 6.45) is 6.37. The summed E-state index contributed by atoms with van der Waals surface area (Å²) < 4.78 is 7.65. The van der Waals surface area contributed by atoms with E-state index in [1.54, 1.807) is 11.3 Å². The Morgan fingerprint density at radius 1 is 1.11 bits per heavy atom. The quantitative estimate of drug-likeness (QED) is 0.575. The molecule has 1 aliphatic carbocycles. The van der Waals surface area contributed by atoms with Crippen molar-refractivity contribution in [3.63, 3.8) is 0 Å². The lowest BCUT2D eigenvalue weighted by molar-refractivity contribution is 0.302. The van der Waals surface area contributed by atoms with Crippen molar-refractivity contribution in [2.24, 2.45) is 0 Å². The highest BCUT2D eigenvalue weighted by Crippen LogP contribution is 2.33. The number of fused-ring (bicyclic) bond motifs is 3. The molecule has 3 aromatic rings. The van der Waals surface area contributed by atoms with Gasteiger partial charge in [0, 0.05) is 11.4 Å². The molecule has 0 bridgehead atoms. The first-order valence-electron chi connectivity index (χ1n) is 9.84. The Morgan fingerprint density at radius 2 is 1.89 bits per heavy atom. The van der Waals surface area contributed by atoms with Crippen molar-refractivity contribution in [2.45, 2.75) is 58.9 Å². The standard InChI is InChI=1S/C22H26N2O2S/c1-15-9-11-17(12-10-15)26-14-6-5-13-24-16(2)23-21-20(22(24)25)18-7-3-4-8-19(18)27-21/h9-12H,3-8,13-14H2,1-2H3. The van der Waals surface area contributed by atoms with Gasteiger partial charge in [-0.15, -0.1) is 11.3 Å². The van der Waals surface area contributed by atoms with E-state index in [4.69, 9.17) is 9.72 Å². The maximum absolute atomic E-state index is 13.1. The molecule has 0 fully saturated rings. The Bertz CT molecular complexity index is 1000. The molecule has 0 saturated heterocycles. The first-order chi connectivity index (χ1) is 13.1. The summed E-state index contributed by atoms with van der Waals surface area (Å²) in [5.41, 5.74) is 2.65. The Kier molecular flexibility index (Phi) is 5.30. The van der Waals surface area contributed by atoms with Gasteiger partial charge in [0.2, 0.25) is 0 Å². The Labute approximate surface area is 163 Å². The number of nitrogens with zero attached hydrogens (tertiary/aromatic N) is 2. The lowest BCUT2D eigenvalue weighted by Gasteiger charge is -2.12. The van der Waals surface area contributed by atoms with Crippen molar-refractivity contribution in [1.29, 1.82) is 0 Å². The van der Waals surface area contributed by atoms with Crippen LogP contribution in [-0.4, -0.2) is 16.2 Å². The lowest BCUT2D eigenvalue weighted by Crippen LogP contribution is -2.24. The third-order valence-electron chi connectivity index (χ3n) is 5.33. The van der Waals surface area contributed by atoms with Gasteiger partial charge in [0.05, 0.1) is 12.0 Å². The van der Waals surface area contributed by atoms with Crippen LogP contribution in [0.1, 0.15) is 47.5 Å². The molecule has 2 aromatic heterocycles. The minimum atomic E-state index is 0.149. The van der Waals surface area contributed by atoms with Gasteiger partial charge >= 0.3 is 0 Å². The van der Waals surface area contributed by atoms with E-state index in [1.165, 1.54) is 28.8 Å². The molecule has 0 atom stereocenters. The molecular weight excluding hydrogens is 356 g/mol. The van der Waals surface area contributed by atoms with E-state index in [0.717, 1.165) is 47.5 Å². The van der Waals surface area contributed by atoms with Crippen LogP contribution in [0, 0.1) is 13.8 Å². The van der Waals surface area contributed by atoms with Crippen LogP contribution in [-0.2, 0) is 19.4 Å². The summed E-state index contributed by atoms with van der Waals surface area (Å²) in [7, 11) is 0. The summed E-state index contributed by atoms with van der Waals surface area (Å²) in [6.45, 7) is 5.39. The average molecular weight is 383 g/mol. The Morgan fingerprint density at radius 3 is 2.70 bits per heavy atom. The third-order valence-corrected chi connectivity index (χ3v) is 6.52. The number of hydrogen-bond acceptors (Lipinski definition) is 4. The first-order valence-corrected chi connectivity index (χ1v) is 10.7. The van der Waals surface area contributed by atoms with E-state index < -0.39 is 0 Å². The van der Waals surface area contributed by atoms with Gasteiger partial charge in [0.25, 0.3) is 5.56 Å². The van der Waals surface area contributed by atoms with E-state index in [2.05, 4.69) is 19.1 Å². The normalized spacial score (nSPS) is 13.7. The monoisotopic (exact) mass is 382 g/mol. The molecule has 4 nitrogen and oxygen atoms in total. The molecule has 1 aromatic carbocycles. The van der Waals surface area contributed by atoms with Gasteiger partial charge < -0.3 is 4.74 Å².